The van der Waals surface area contributed by atoms with Crippen molar-refractivity contribution in [3.63, 3.8) is 0 Å². The van der Waals surface area contributed by atoms with Crippen molar-refractivity contribution in [3.8, 4) is 0 Å². The van der Waals surface area contributed by atoms with E-state index in [1.807, 2.05) is 7.05 Å². The van der Waals surface area contributed by atoms with Gasteiger partial charge in [-0.1, -0.05) is 30.3 Å². The SMILES string of the molecule is CN1CCC(c2ccccc2F)(C(O)c2ccc(F)cc2)CC1. The van der Waals surface area contributed by atoms with Crippen molar-refractivity contribution < 1.29 is 13.9 Å². The first-order chi connectivity index (χ1) is 11.0. The number of halogens is 2. The van der Waals surface area contributed by atoms with Gasteiger partial charge in [0.05, 0.1) is 6.10 Å². The molecule has 1 saturated heterocycles. The Kier molecular flexibility index (Phi) is 4.46. The molecule has 2 aromatic rings. The van der Waals surface area contributed by atoms with E-state index in [9.17, 15) is 13.9 Å². The third-order valence-corrected chi connectivity index (χ3v) is 5.00. The Hall–Kier alpha value is -1.78. The zero-order chi connectivity index (χ0) is 16.4. The van der Waals surface area contributed by atoms with E-state index >= 15 is 0 Å². The number of hydrogen-bond donors (Lipinski definition) is 1. The average molecular weight is 317 g/mol. The van der Waals surface area contributed by atoms with Crippen LogP contribution in [0, 0.1) is 11.6 Å². The highest BCUT2D eigenvalue weighted by Gasteiger charge is 2.44. The maximum Gasteiger partial charge on any atom is 0.127 e. The molecule has 2 aromatic carbocycles. The summed E-state index contributed by atoms with van der Waals surface area (Å²) in [7, 11) is 2.02. The molecule has 0 saturated carbocycles. The monoisotopic (exact) mass is 317 g/mol. The molecular weight excluding hydrogens is 296 g/mol. The lowest BCUT2D eigenvalue weighted by Crippen LogP contribution is -2.45. The molecule has 1 fully saturated rings. The minimum Gasteiger partial charge on any atom is -0.387 e. The van der Waals surface area contributed by atoms with Gasteiger partial charge in [0.2, 0.25) is 0 Å². The van der Waals surface area contributed by atoms with Crippen LogP contribution in [0.15, 0.2) is 48.5 Å². The summed E-state index contributed by atoms with van der Waals surface area (Å²) in [6.45, 7) is 1.57. The summed E-state index contributed by atoms with van der Waals surface area (Å²) in [4.78, 5) is 2.18. The van der Waals surface area contributed by atoms with E-state index in [1.54, 1.807) is 30.3 Å². The zero-order valence-corrected chi connectivity index (χ0v) is 13.2. The molecule has 1 N–H and O–H groups in total. The Bertz CT molecular complexity index is 663. The van der Waals surface area contributed by atoms with E-state index in [1.165, 1.54) is 18.2 Å². The number of aliphatic hydroxyl groups excluding tert-OH is 1. The van der Waals surface area contributed by atoms with Crippen molar-refractivity contribution in [3.05, 3.63) is 71.3 Å². The first-order valence-electron chi connectivity index (χ1n) is 7.90. The molecule has 3 rings (SSSR count). The summed E-state index contributed by atoms with van der Waals surface area (Å²) < 4.78 is 27.6. The standard InChI is InChI=1S/C19H21F2NO/c1-22-12-10-19(11-13-22,16-4-2-3-5-17(16)21)18(23)14-6-8-15(20)9-7-14/h2-9,18,23H,10-13H2,1H3. The maximum atomic E-state index is 14.5. The molecule has 0 amide bonds. The number of nitrogens with zero attached hydrogens (tertiary/aromatic N) is 1. The first kappa shape index (κ1) is 16.1. The van der Waals surface area contributed by atoms with E-state index in [4.69, 9.17) is 0 Å². The van der Waals surface area contributed by atoms with Gasteiger partial charge in [0.15, 0.2) is 0 Å². The Morgan fingerprint density at radius 2 is 1.61 bits per heavy atom. The van der Waals surface area contributed by atoms with Crippen LogP contribution in [0.1, 0.15) is 30.1 Å². The maximum absolute atomic E-state index is 14.5. The van der Waals surface area contributed by atoms with E-state index in [0.29, 0.717) is 24.0 Å². The van der Waals surface area contributed by atoms with Gasteiger partial charge in [-0.15, -0.1) is 0 Å². The fourth-order valence-electron chi connectivity index (χ4n) is 3.54. The van der Waals surface area contributed by atoms with E-state index in [2.05, 4.69) is 4.90 Å². The second-order valence-corrected chi connectivity index (χ2v) is 6.39. The number of likely N-dealkylation sites (tertiary alicyclic amines) is 1. The quantitative estimate of drug-likeness (QED) is 0.934. The summed E-state index contributed by atoms with van der Waals surface area (Å²) in [6, 6.07) is 12.5. The van der Waals surface area contributed by atoms with Gasteiger partial charge in [-0.05, 0) is 62.3 Å². The summed E-state index contributed by atoms with van der Waals surface area (Å²) in [5.74, 6) is -0.637. The van der Waals surface area contributed by atoms with Gasteiger partial charge in [0, 0.05) is 5.41 Å². The first-order valence-corrected chi connectivity index (χ1v) is 7.90. The number of benzene rings is 2. The largest absolute Gasteiger partial charge is 0.387 e. The third-order valence-electron chi connectivity index (χ3n) is 5.00. The van der Waals surface area contributed by atoms with Crippen molar-refractivity contribution in [2.75, 3.05) is 20.1 Å². The summed E-state index contributed by atoms with van der Waals surface area (Å²) >= 11 is 0. The Balaban J connectivity index is 2.05. The summed E-state index contributed by atoms with van der Waals surface area (Å²) in [5, 5.41) is 11.0. The Morgan fingerprint density at radius 1 is 1.00 bits per heavy atom. The van der Waals surface area contributed by atoms with Gasteiger partial charge in [-0.25, -0.2) is 8.78 Å². The lowest BCUT2D eigenvalue weighted by molar-refractivity contribution is 0.0326. The number of rotatable bonds is 3. The molecule has 1 aliphatic rings. The van der Waals surface area contributed by atoms with Crippen LogP contribution in [0.25, 0.3) is 0 Å². The van der Waals surface area contributed by atoms with Gasteiger partial charge in [-0.3, -0.25) is 0 Å². The topological polar surface area (TPSA) is 23.5 Å². The molecular formula is C19H21F2NO. The van der Waals surface area contributed by atoms with Crippen LogP contribution < -0.4 is 0 Å². The lowest BCUT2D eigenvalue weighted by atomic mass is 9.67. The second-order valence-electron chi connectivity index (χ2n) is 6.39. The molecule has 122 valence electrons. The average Bonchev–Trinajstić information content (AvgIpc) is 2.57. The molecule has 0 radical (unpaired) electrons. The van der Waals surface area contributed by atoms with Crippen molar-refractivity contribution >= 4 is 0 Å². The lowest BCUT2D eigenvalue weighted by Gasteiger charge is -2.44. The minimum absolute atomic E-state index is 0.293. The van der Waals surface area contributed by atoms with Gasteiger partial charge in [0.1, 0.15) is 11.6 Å². The summed E-state index contributed by atoms with van der Waals surface area (Å²) in [5.41, 5.74) is 0.486. The highest BCUT2D eigenvalue weighted by atomic mass is 19.1. The molecule has 1 aliphatic heterocycles. The van der Waals surface area contributed by atoms with Crippen molar-refractivity contribution in [1.29, 1.82) is 0 Å². The predicted octanol–water partition coefficient (Wildman–Crippen LogP) is 3.66. The molecule has 0 aliphatic carbocycles. The third kappa shape index (κ3) is 3.01. The van der Waals surface area contributed by atoms with E-state index < -0.39 is 11.5 Å². The molecule has 1 heterocycles. The molecule has 2 nitrogen and oxygen atoms in total. The van der Waals surface area contributed by atoms with Crippen LogP contribution in [0.5, 0.6) is 0 Å². The predicted molar refractivity (Wildman–Crippen MR) is 86.2 cm³/mol. The number of hydrogen-bond acceptors (Lipinski definition) is 2. The van der Waals surface area contributed by atoms with Crippen LogP contribution in [-0.2, 0) is 5.41 Å². The highest BCUT2D eigenvalue weighted by molar-refractivity contribution is 5.34. The highest BCUT2D eigenvalue weighted by Crippen LogP contribution is 2.46. The van der Waals surface area contributed by atoms with Gasteiger partial charge in [0.25, 0.3) is 0 Å². The van der Waals surface area contributed by atoms with Crippen LogP contribution >= 0.6 is 0 Å². The number of aliphatic hydroxyl groups is 1. The smallest absolute Gasteiger partial charge is 0.127 e. The van der Waals surface area contributed by atoms with Crippen molar-refractivity contribution in [2.24, 2.45) is 0 Å². The second kappa shape index (κ2) is 6.38. The number of piperidine rings is 1. The van der Waals surface area contributed by atoms with Crippen LogP contribution in [0.3, 0.4) is 0 Å². The van der Waals surface area contributed by atoms with Crippen LogP contribution in [-0.4, -0.2) is 30.1 Å². The van der Waals surface area contributed by atoms with E-state index in [-0.39, 0.29) is 11.6 Å². The van der Waals surface area contributed by atoms with Gasteiger partial charge >= 0.3 is 0 Å². The molecule has 0 bridgehead atoms. The van der Waals surface area contributed by atoms with Crippen molar-refractivity contribution in [1.82, 2.24) is 4.90 Å². The van der Waals surface area contributed by atoms with Gasteiger partial charge < -0.3 is 10.0 Å². The normalized spacial score (nSPS) is 19.5. The zero-order valence-electron chi connectivity index (χ0n) is 13.2. The molecule has 1 unspecified atom stereocenters. The Labute approximate surface area is 135 Å². The molecule has 0 aromatic heterocycles. The fraction of sp³-hybridized carbons (Fsp3) is 0.368. The van der Waals surface area contributed by atoms with Crippen molar-refractivity contribution in [2.45, 2.75) is 24.4 Å². The Morgan fingerprint density at radius 3 is 2.22 bits per heavy atom. The molecule has 23 heavy (non-hydrogen) atoms. The molecule has 0 spiro atoms. The van der Waals surface area contributed by atoms with Crippen LogP contribution in [0.4, 0.5) is 8.78 Å². The summed E-state index contributed by atoms with van der Waals surface area (Å²) in [6.07, 6.45) is 0.445. The van der Waals surface area contributed by atoms with Gasteiger partial charge in [-0.2, -0.15) is 0 Å². The van der Waals surface area contributed by atoms with E-state index in [0.717, 1.165) is 13.1 Å². The van der Waals surface area contributed by atoms with Crippen LogP contribution in [0.2, 0.25) is 0 Å². The fourth-order valence-corrected chi connectivity index (χ4v) is 3.54. The molecule has 1 atom stereocenters. The minimum atomic E-state index is -0.867. The molecule has 4 heteroatoms.